The van der Waals surface area contributed by atoms with Gasteiger partial charge in [-0.3, -0.25) is 4.57 Å². The minimum absolute atomic E-state index is 0.0182. The van der Waals surface area contributed by atoms with Gasteiger partial charge in [0.25, 0.3) is 0 Å². The normalized spacial score (nSPS) is 19.7. The Bertz CT molecular complexity index is 1770. The summed E-state index contributed by atoms with van der Waals surface area (Å²) in [5, 5.41) is 12.7. The first kappa shape index (κ1) is 30.1. The number of benzene rings is 2. The molecule has 1 aliphatic heterocycles. The number of ether oxygens (including phenoxy) is 3. The highest BCUT2D eigenvalue weighted by atomic mass is 35.5. The number of fused-ring (bicyclic) bond motifs is 1. The van der Waals surface area contributed by atoms with E-state index in [0.29, 0.717) is 16.9 Å². The third-order valence-corrected chi connectivity index (χ3v) is 8.45. The number of imidazole rings is 1. The second-order valence-electron chi connectivity index (χ2n) is 10.6. The molecule has 0 spiro atoms. The average Bonchev–Trinajstić information content (AvgIpc) is 3.77. The van der Waals surface area contributed by atoms with Crippen molar-refractivity contribution in [2.75, 3.05) is 18.9 Å². The lowest BCUT2D eigenvalue weighted by atomic mass is 9.90. The van der Waals surface area contributed by atoms with Gasteiger partial charge in [0.15, 0.2) is 17.7 Å². The Balaban J connectivity index is 1.26. The van der Waals surface area contributed by atoms with Crippen LogP contribution in [0.1, 0.15) is 36.4 Å². The second kappa shape index (κ2) is 12.6. The topological polar surface area (TPSA) is 148 Å². The lowest BCUT2D eigenvalue weighted by molar-refractivity contribution is -0.181. The molecule has 0 aliphatic carbocycles. The Morgan fingerprint density at radius 2 is 2.00 bits per heavy atom. The molecule has 5 aromatic rings. The molecule has 11 nitrogen and oxygen atoms in total. The predicted molar refractivity (Wildman–Crippen MR) is 166 cm³/mol. The summed E-state index contributed by atoms with van der Waals surface area (Å²) < 4.78 is 19.8. The second-order valence-corrected chi connectivity index (χ2v) is 11.6. The molecule has 13 heteroatoms. The van der Waals surface area contributed by atoms with E-state index in [9.17, 15) is 9.90 Å². The van der Waals surface area contributed by atoms with Gasteiger partial charge in [0.05, 0.1) is 36.8 Å². The highest BCUT2D eigenvalue weighted by Crippen LogP contribution is 2.37. The zero-order valence-corrected chi connectivity index (χ0v) is 25.7. The van der Waals surface area contributed by atoms with Gasteiger partial charge in [-0.15, -0.1) is 11.3 Å². The lowest BCUT2D eigenvalue weighted by Gasteiger charge is -2.31. The molecule has 44 heavy (non-hydrogen) atoms. The average molecular weight is 635 g/mol. The number of aryl methyl sites for hydroxylation is 1. The summed E-state index contributed by atoms with van der Waals surface area (Å²) in [6.07, 6.45) is -0.423. The summed E-state index contributed by atoms with van der Waals surface area (Å²) in [4.78, 5) is 30.6. The van der Waals surface area contributed by atoms with Gasteiger partial charge in [0, 0.05) is 18.2 Å². The van der Waals surface area contributed by atoms with Crippen LogP contribution in [0.15, 0.2) is 65.7 Å². The standard InChI is InChI=1S/C31H31ClN6O5S/c1-3-41-29(40)31(24-15-44-17-35-24,13-19-8-10-20(11-9-19)22-7-5-4-6-18(22)2)42-14-21-12-23(39)28(43-21)38-16-34-25-26(33)36-30(32)37-27(25)38/h4-11,15-17,21,23,28,39H,3,12-14H2,1-2H3,(H2,33,36,37)/t21-,23+,28+,31?/m0/s1. The van der Waals surface area contributed by atoms with E-state index in [-0.39, 0.29) is 37.2 Å². The van der Waals surface area contributed by atoms with Crippen LogP contribution >= 0.6 is 22.9 Å². The maximum atomic E-state index is 13.7. The van der Waals surface area contributed by atoms with Crippen LogP contribution in [0.3, 0.4) is 0 Å². The van der Waals surface area contributed by atoms with Gasteiger partial charge in [-0.1, -0.05) is 48.5 Å². The molecule has 0 amide bonds. The maximum Gasteiger partial charge on any atom is 0.345 e. The highest BCUT2D eigenvalue weighted by molar-refractivity contribution is 7.07. The van der Waals surface area contributed by atoms with Crippen LogP contribution in [0, 0.1) is 6.92 Å². The molecule has 4 atom stereocenters. The van der Waals surface area contributed by atoms with Crippen molar-refractivity contribution in [1.82, 2.24) is 24.5 Å². The molecule has 0 saturated carbocycles. The Labute approximate surface area is 262 Å². The van der Waals surface area contributed by atoms with E-state index >= 15 is 0 Å². The molecule has 4 heterocycles. The first-order valence-electron chi connectivity index (χ1n) is 14.1. The van der Waals surface area contributed by atoms with Gasteiger partial charge < -0.3 is 25.1 Å². The first-order chi connectivity index (χ1) is 21.3. The number of hydrogen-bond acceptors (Lipinski definition) is 11. The number of hydrogen-bond donors (Lipinski definition) is 2. The molecule has 6 rings (SSSR count). The van der Waals surface area contributed by atoms with Gasteiger partial charge in [-0.05, 0) is 47.7 Å². The molecule has 3 aromatic heterocycles. The van der Waals surface area contributed by atoms with E-state index in [1.165, 1.54) is 23.2 Å². The number of halogens is 1. The highest BCUT2D eigenvalue weighted by Gasteiger charge is 2.47. The molecular weight excluding hydrogens is 604 g/mol. The number of rotatable bonds is 10. The van der Waals surface area contributed by atoms with Crippen molar-refractivity contribution in [3.05, 3.63) is 87.9 Å². The van der Waals surface area contributed by atoms with Crippen molar-refractivity contribution in [3.63, 3.8) is 0 Å². The maximum absolute atomic E-state index is 13.7. The van der Waals surface area contributed by atoms with E-state index in [2.05, 4.69) is 39.0 Å². The quantitative estimate of drug-likeness (QED) is 0.161. The Kier molecular flexibility index (Phi) is 8.61. The van der Waals surface area contributed by atoms with Crippen LogP contribution in [0.2, 0.25) is 5.28 Å². The number of aliphatic hydroxyl groups excluding tert-OH is 1. The van der Waals surface area contributed by atoms with Crippen molar-refractivity contribution < 1.29 is 24.1 Å². The van der Waals surface area contributed by atoms with Crippen LogP contribution < -0.4 is 5.73 Å². The van der Waals surface area contributed by atoms with Crippen LogP contribution in [0.25, 0.3) is 22.3 Å². The number of aliphatic hydroxyl groups is 1. The molecule has 0 radical (unpaired) electrons. The van der Waals surface area contributed by atoms with Crippen molar-refractivity contribution in [1.29, 1.82) is 0 Å². The molecule has 1 aliphatic rings. The van der Waals surface area contributed by atoms with Gasteiger partial charge in [0.1, 0.15) is 11.6 Å². The third kappa shape index (κ3) is 5.78. The number of aromatic nitrogens is 5. The Morgan fingerprint density at radius 3 is 2.73 bits per heavy atom. The molecule has 2 aromatic carbocycles. The van der Waals surface area contributed by atoms with Gasteiger partial charge in [0.2, 0.25) is 10.9 Å². The number of anilines is 1. The van der Waals surface area contributed by atoms with Crippen LogP contribution in [0.4, 0.5) is 5.82 Å². The summed E-state index contributed by atoms with van der Waals surface area (Å²) in [7, 11) is 0. The van der Waals surface area contributed by atoms with Crippen molar-refractivity contribution in [2.45, 2.75) is 50.7 Å². The van der Waals surface area contributed by atoms with Crippen LogP contribution in [-0.4, -0.2) is 61.0 Å². The van der Waals surface area contributed by atoms with E-state index in [0.717, 1.165) is 16.7 Å². The minimum atomic E-state index is -1.54. The fraction of sp³-hybridized carbons (Fsp3) is 0.323. The molecule has 3 N–H and O–H groups in total. The number of nitrogen functional groups attached to an aromatic ring is 1. The summed E-state index contributed by atoms with van der Waals surface area (Å²) in [5.41, 5.74) is 11.5. The fourth-order valence-corrected chi connectivity index (χ4v) is 6.30. The number of nitrogens with two attached hydrogens (primary N) is 1. The first-order valence-corrected chi connectivity index (χ1v) is 15.4. The molecule has 1 unspecified atom stereocenters. The van der Waals surface area contributed by atoms with Crippen molar-refractivity contribution in [2.24, 2.45) is 0 Å². The summed E-state index contributed by atoms with van der Waals surface area (Å²) in [6, 6.07) is 16.2. The summed E-state index contributed by atoms with van der Waals surface area (Å²) in [6.45, 7) is 3.98. The summed E-state index contributed by atoms with van der Waals surface area (Å²) in [5.74, 6) is -0.424. The number of carbonyl (C=O) groups is 1. The van der Waals surface area contributed by atoms with E-state index in [4.69, 9.17) is 31.5 Å². The van der Waals surface area contributed by atoms with Gasteiger partial charge in [-0.25, -0.2) is 14.8 Å². The molecule has 0 bridgehead atoms. The van der Waals surface area contributed by atoms with Gasteiger partial charge in [-0.2, -0.15) is 9.97 Å². The van der Waals surface area contributed by atoms with Crippen molar-refractivity contribution in [3.8, 4) is 11.1 Å². The number of nitrogens with zero attached hydrogens (tertiary/aromatic N) is 5. The third-order valence-electron chi connectivity index (χ3n) is 7.69. The number of esters is 1. The lowest BCUT2D eigenvalue weighted by Crippen LogP contribution is -2.44. The smallest absolute Gasteiger partial charge is 0.345 e. The Morgan fingerprint density at radius 1 is 1.20 bits per heavy atom. The molecule has 1 fully saturated rings. The summed E-state index contributed by atoms with van der Waals surface area (Å²) >= 11 is 7.39. The van der Waals surface area contributed by atoms with Gasteiger partial charge >= 0.3 is 5.97 Å². The predicted octanol–water partition coefficient (Wildman–Crippen LogP) is 4.86. The Hall–Kier alpha value is -3.94. The van der Waals surface area contributed by atoms with E-state index < -0.39 is 30.0 Å². The number of thiazole rings is 1. The zero-order chi connectivity index (χ0) is 30.8. The minimum Gasteiger partial charge on any atom is -0.464 e. The molecule has 1 saturated heterocycles. The zero-order valence-electron chi connectivity index (χ0n) is 24.1. The molecule has 228 valence electrons. The molecular formula is C31H31ClN6O5S. The van der Waals surface area contributed by atoms with Crippen LogP contribution in [-0.2, 0) is 31.0 Å². The van der Waals surface area contributed by atoms with Crippen molar-refractivity contribution >= 4 is 45.9 Å². The SMILES string of the molecule is CCOC(=O)C(Cc1ccc(-c2ccccc2C)cc1)(OC[C@@H]1C[C@@H](O)[C@H](n2cnc3c(N)nc(Cl)nc32)O1)c1cscn1. The van der Waals surface area contributed by atoms with Crippen LogP contribution in [0.5, 0.6) is 0 Å². The monoisotopic (exact) mass is 634 g/mol. The number of carbonyl (C=O) groups excluding carboxylic acids is 1. The largest absolute Gasteiger partial charge is 0.464 e. The van der Waals surface area contributed by atoms with E-state index in [1.54, 1.807) is 22.4 Å². The fourth-order valence-electron chi connectivity index (χ4n) is 5.52. The van der Waals surface area contributed by atoms with E-state index in [1.807, 2.05) is 36.4 Å².